The van der Waals surface area contributed by atoms with Crippen LogP contribution in [-0.2, 0) is 10.5 Å². The number of hydrogen-bond acceptors (Lipinski definition) is 3. The molecule has 0 saturated heterocycles. The van der Waals surface area contributed by atoms with Gasteiger partial charge >= 0.3 is 0 Å². The molecule has 3 nitrogen and oxygen atoms in total. The number of carbonyl (C=O) groups is 1. The second-order valence-corrected chi connectivity index (χ2v) is 7.45. The van der Waals surface area contributed by atoms with E-state index in [0.29, 0.717) is 12.5 Å². The Hall–Kier alpha value is -1.94. The lowest BCUT2D eigenvalue weighted by Crippen LogP contribution is -2.30. The Kier molecular flexibility index (Phi) is 7.86. The predicted octanol–water partition coefficient (Wildman–Crippen LogP) is 4.55. The maximum atomic E-state index is 11.8. The van der Waals surface area contributed by atoms with Crippen LogP contribution in [0.2, 0.25) is 0 Å². The number of benzene rings is 2. The minimum atomic E-state index is -0.0792. The molecule has 0 saturated carbocycles. The van der Waals surface area contributed by atoms with Crippen LogP contribution in [0.3, 0.4) is 0 Å². The Morgan fingerprint density at radius 3 is 2.52 bits per heavy atom. The first-order chi connectivity index (χ1) is 12.1. The first kappa shape index (κ1) is 19.4. The zero-order valence-corrected chi connectivity index (χ0v) is 16.1. The number of aryl methyl sites for hydroxylation is 1. The molecule has 0 radical (unpaired) electrons. The quantitative estimate of drug-likeness (QED) is 0.669. The predicted molar refractivity (Wildman–Crippen MR) is 106 cm³/mol. The van der Waals surface area contributed by atoms with Gasteiger partial charge in [0, 0.05) is 18.1 Å². The number of ether oxygens (including phenoxy) is 1. The molecule has 0 fully saturated rings. The van der Waals surface area contributed by atoms with Gasteiger partial charge in [-0.2, -0.15) is 11.8 Å². The van der Waals surface area contributed by atoms with Gasteiger partial charge in [0.25, 0.3) is 5.91 Å². The van der Waals surface area contributed by atoms with E-state index in [1.54, 1.807) is 0 Å². The normalized spacial score (nSPS) is 10.7. The van der Waals surface area contributed by atoms with Crippen LogP contribution in [0.4, 0.5) is 0 Å². The van der Waals surface area contributed by atoms with Gasteiger partial charge in [-0.15, -0.1) is 0 Å². The molecule has 134 valence electrons. The second-order valence-electron chi connectivity index (χ2n) is 6.34. The zero-order chi connectivity index (χ0) is 18.1. The molecule has 0 unspecified atom stereocenters. The molecule has 2 aromatic rings. The lowest BCUT2D eigenvalue weighted by atomic mass is 10.0. The van der Waals surface area contributed by atoms with Gasteiger partial charge in [0.1, 0.15) is 5.75 Å². The SMILES string of the molecule is Cc1ccccc1CSCCNC(=O)COc1ccc(C(C)C)cc1. The van der Waals surface area contributed by atoms with E-state index in [-0.39, 0.29) is 12.5 Å². The molecule has 0 aromatic heterocycles. The van der Waals surface area contributed by atoms with Gasteiger partial charge in [-0.1, -0.05) is 50.2 Å². The minimum Gasteiger partial charge on any atom is -0.484 e. The van der Waals surface area contributed by atoms with Gasteiger partial charge in [0.05, 0.1) is 0 Å². The topological polar surface area (TPSA) is 38.3 Å². The molecule has 0 bridgehead atoms. The summed E-state index contributed by atoms with van der Waals surface area (Å²) in [5.41, 5.74) is 3.94. The van der Waals surface area contributed by atoms with E-state index in [1.807, 2.05) is 36.0 Å². The summed E-state index contributed by atoms with van der Waals surface area (Å²) in [5.74, 6) is 3.01. The molecular formula is C21H27NO2S. The fourth-order valence-corrected chi connectivity index (χ4v) is 3.30. The van der Waals surface area contributed by atoms with E-state index >= 15 is 0 Å². The number of nitrogens with one attached hydrogen (secondary N) is 1. The van der Waals surface area contributed by atoms with Gasteiger partial charge < -0.3 is 10.1 Å². The standard InChI is InChI=1S/C21H27NO2S/c1-16(2)18-8-10-20(11-9-18)24-14-21(23)22-12-13-25-15-19-7-5-4-6-17(19)3/h4-11,16H,12-15H2,1-3H3,(H,22,23). The smallest absolute Gasteiger partial charge is 0.257 e. The highest BCUT2D eigenvalue weighted by Crippen LogP contribution is 2.18. The van der Waals surface area contributed by atoms with Crippen LogP contribution >= 0.6 is 11.8 Å². The molecule has 1 amide bonds. The lowest BCUT2D eigenvalue weighted by Gasteiger charge is -2.09. The third kappa shape index (κ3) is 6.83. The monoisotopic (exact) mass is 357 g/mol. The van der Waals surface area contributed by atoms with Gasteiger partial charge in [-0.25, -0.2) is 0 Å². The number of carbonyl (C=O) groups excluding carboxylic acids is 1. The van der Waals surface area contributed by atoms with Gasteiger partial charge in [-0.3, -0.25) is 4.79 Å². The summed E-state index contributed by atoms with van der Waals surface area (Å²) in [4.78, 5) is 11.8. The van der Waals surface area contributed by atoms with Crippen LogP contribution < -0.4 is 10.1 Å². The van der Waals surface area contributed by atoms with Crippen molar-refractivity contribution in [1.29, 1.82) is 0 Å². The number of thioether (sulfide) groups is 1. The highest BCUT2D eigenvalue weighted by molar-refractivity contribution is 7.98. The van der Waals surface area contributed by atoms with Crippen molar-refractivity contribution in [3.63, 3.8) is 0 Å². The third-order valence-electron chi connectivity index (χ3n) is 4.00. The zero-order valence-electron chi connectivity index (χ0n) is 15.2. The molecule has 0 aliphatic carbocycles. The minimum absolute atomic E-state index is 0.0590. The molecule has 2 rings (SSSR count). The fraction of sp³-hybridized carbons (Fsp3) is 0.381. The maximum absolute atomic E-state index is 11.8. The van der Waals surface area contributed by atoms with E-state index in [9.17, 15) is 4.79 Å². The number of hydrogen-bond donors (Lipinski definition) is 1. The van der Waals surface area contributed by atoms with Crippen molar-refractivity contribution in [2.75, 3.05) is 18.9 Å². The summed E-state index contributed by atoms with van der Waals surface area (Å²) < 4.78 is 5.53. The van der Waals surface area contributed by atoms with Crippen molar-refractivity contribution in [3.8, 4) is 5.75 Å². The Morgan fingerprint density at radius 2 is 1.84 bits per heavy atom. The summed E-state index contributed by atoms with van der Waals surface area (Å²) in [6.45, 7) is 7.15. The molecule has 0 atom stereocenters. The molecule has 2 aromatic carbocycles. The van der Waals surface area contributed by atoms with Crippen LogP contribution in [0.25, 0.3) is 0 Å². The van der Waals surface area contributed by atoms with Crippen molar-refractivity contribution >= 4 is 17.7 Å². The van der Waals surface area contributed by atoms with Crippen molar-refractivity contribution in [2.24, 2.45) is 0 Å². The molecule has 4 heteroatoms. The molecule has 1 N–H and O–H groups in total. The Labute approximate surface area is 155 Å². The van der Waals surface area contributed by atoms with E-state index in [4.69, 9.17) is 4.74 Å². The van der Waals surface area contributed by atoms with E-state index in [0.717, 1.165) is 17.3 Å². The van der Waals surface area contributed by atoms with E-state index < -0.39 is 0 Å². The fourth-order valence-electron chi connectivity index (χ4n) is 2.37. The Morgan fingerprint density at radius 1 is 1.12 bits per heavy atom. The largest absolute Gasteiger partial charge is 0.484 e. The number of rotatable bonds is 9. The molecular weight excluding hydrogens is 330 g/mol. The highest BCUT2D eigenvalue weighted by atomic mass is 32.2. The van der Waals surface area contributed by atoms with Crippen LogP contribution in [0.15, 0.2) is 48.5 Å². The highest BCUT2D eigenvalue weighted by Gasteiger charge is 2.04. The van der Waals surface area contributed by atoms with Gasteiger partial charge in [0.15, 0.2) is 6.61 Å². The van der Waals surface area contributed by atoms with Crippen LogP contribution in [0.5, 0.6) is 5.75 Å². The molecule has 0 heterocycles. The van der Waals surface area contributed by atoms with Gasteiger partial charge in [0.2, 0.25) is 0 Å². The average molecular weight is 358 g/mol. The van der Waals surface area contributed by atoms with E-state index in [2.05, 4.69) is 50.4 Å². The Bertz CT molecular complexity index is 668. The number of amides is 1. The second kappa shape index (κ2) is 10.1. The lowest BCUT2D eigenvalue weighted by molar-refractivity contribution is -0.122. The summed E-state index contributed by atoms with van der Waals surface area (Å²) in [5, 5.41) is 2.90. The van der Waals surface area contributed by atoms with Crippen LogP contribution in [0.1, 0.15) is 36.5 Å². The Balaban J connectivity index is 1.60. The van der Waals surface area contributed by atoms with Crippen molar-refractivity contribution < 1.29 is 9.53 Å². The molecule has 0 aliphatic rings. The van der Waals surface area contributed by atoms with Crippen LogP contribution in [-0.4, -0.2) is 24.8 Å². The summed E-state index contributed by atoms with van der Waals surface area (Å²) >= 11 is 1.83. The first-order valence-electron chi connectivity index (χ1n) is 8.68. The van der Waals surface area contributed by atoms with Crippen LogP contribution in [0, 0.1) is 6.92 Å². The summed E-state index contributed by atoms with van der Waals surface area (Å²) in [6.07, 6.45) is 0. The first-order valence-corrected chi connectivity index (χ1v) is 9.83. The summed E-state index contributed by atoms with van der Waals surface area (Å²) in [6, 6.07) is 16.3. The summed E-state index contributed by atoms with van der Waals surface area (Å²) in [7, 11) is 0. The molecule has 0 spiro atoms. The third-order valence-corrected chi connectivity index (χ3v) is 5.01. The van der Waals surface area contributed by atoms with Crippen molar-refractivity contribution in [2.45, 2.75) is 32.4 Å². The van der Waals surface area contributed by atoms with Crippen molar-refractivity contribution in [3.05, 3.63) is 65.2 Å². The molecule has 0 aliphatic heterocycles. The maximum Gasteiger partial charge on any atom is 0.257 e. The average Bonchev–Trinajstić information content (AvgIpc) is 2.61. The van der Waals surface area contributed by atoms with E-state index in [1.165, 1.54) is 16.7 Å². The molecule has 25 heavy (non-hydrogen) atoms. The van der Waals surface area contributed by atoms with Crippen molar-refractivity contribution in [1.82, 2.24) is 5.32 Å². The van der Waals surface area contributed by atoms with Gasteiger partial charge in [-0.05, 0) is 41.7 Å².